The van der Waals surface area contributed by atoms with Crippen LogP contribution in [0, 0.1) is 13.8 Å². The molecule has 0 radical (unpaired) electrons. The summed E-state index contributed by atoms with van der Waals surface area (Å²) in [6.45, 7) is 9.22. The van der Waals surface area contributed by atoms with Crippen molar-refractivity contribution in [3.63, 3.8) is 0 Å². The number of thiophene rings is 1. The first kappa shape index (κ1) is 13.8. The highest BCUT2D eigenvalue weighted by Gasteiger charge is 2.25. The van der Waals surface area contributed by atoms with Gasteiger partial charge in [-0.15, -0.1) is 11.3 Å². The van der Waals surface area contributed by atoms with Crippen LogP contribution in [0.25, 0.3) is 10.2 Å². The molecule has 108 valence electrons. The van der Waals surface area contributed by atoms with Gasteiger partial charge in [0, 0.05) is 10.9 Å². The number of nitrogens with zero attached hydrogens (tertiary/aromatic N) is 2. The lowest BCUT2D eigenvalue weighted by Gasteiger charge is -2.20. The zero-order valence-corrected chi connectivity index (χ0v) is 13.3. The second-order valence-corrected chi connectivity index (χ2v) is 7.05. The van der Waals surface area contributed by atoms with Crippen molar-refractivity contribution in [2.75, 3.05) is 6.54 Å². The third-order valence-corrected chi connectivity index (χ3v) is 5.25. The van der Waals surface area contributed by atoms with Crippen molar-refractivity contribution in [3.8, 4) is 0 Å². The maximum Gasteiger partial charge on any atom is 0.262 e. The van der Waals surface area contributed by atoms with E-state index in [9.17, 15) is 4.79 Å². The van der Waals surface area contributed by atoms with Gasteiger partial charge in [-0.1, -0.05) is 0 Å². The summed E-state index contributed by atoms with van der Waals surface area (Å²) in [5.41, 5.74) is 1.21. The fourth-order valence-electron chi connectivity index (χ4n) is 2.97. The summed E-state index contributed by atoms with van der Waals surface area (Å²) in [6.07, 6.45) is 2.22. The number of fused-ring (bicyclic) bond motifs is 1. The minimum absolute atomic E-state index is 0.121. The van der Waals surface area contributed by atoms with Gasteiger partial charge in [0.2, 0.25) is 0 Å². The second-order valence-electron chi connectivity index (χ2n) is 5.85. The van der Waals surface area contributed by atoms with E-state index in [-0.39, 0.29) is 17.6 Å². The molecule has 1 atom stereocenters. The fourth-order valence-corrected chi connectivity index (χ4v) is 4.00. The molecule has 1 saturated heterocycles. The number of aromatic nitrogens is 2. The van der Waals surface area contributed by atoms with Crippen molar-refractivity contribution in [2.24, 2.45) is 0 Å². The summed E-state index contributed by atoms with van der Waals surface area (Å²) in [4.78, 5) is 19.8. The summed E-state index contributed by atoms with van der Waals surface area (Å²) < 4.78 is 1.88. The van der Waals surface area contributed by atoms with Crippen LogP contribution < -0.4 is 10.9 Å². The van der Waals surface area contributed by atoms with Gasteiger partial charge in [0.15, 0.2) is 0 Å². The van der Waals surface area contributed by atoms with Crippen LogP contribution in [-0.4, -0.2) is 16.1 Å². The molecule has 1 aliphatic rings. The Morgan fingerprint density at radius 2 is 2.15 bits per heavy atom. The quantitative estimate of drug-likeness (QED) is 0.925. The Labute approximate surface area is 122 Å². The first-order chi connectivity index (χ1) is 9.50. The van der Waals surface area contributed by atoms with Crippen molar-refractivity contribution in [1.29, 1.82) is 0 Å². The smallest absolute Gasteiger partial charge is 0.262 e. The standard InChI is InChI=1S/C15H21N3OS/c1-8(2)18-13(11-6-5-7-16-11)17-14-12(15(18)19)9(3)10(4)20-14/h8,11,16H,5-7H2,1-4H3. The zero-order chi connectivity index (χ0) is 14.4. The SMILES string of the molecule is Cc1sc2nc(C3CCCN3)n(C(C)C)c(=O)c2c1C. The summed E-state index contributed by atoms with van der Waals surface area (Å²) in [5.74, 6) is 0.913. The number of hydrogen-bond acceptors (Lipinski definition) is 4. The molecule has 20 heavy (non-hydrogen) atoms. The molecule has 1 unspecified atom stereocenters. The van der Waals surface area contributed by atoms with Crippen LogP contribution >= 0.6 is 11.3 Å². The number of rotatable bonds is 2. The molecule has 1 fully saturated rings. The Morgan fingerprint density at radius 1 is 1.40 bits per heavy atom. The van der Waals surface area contributed by atoms with Crippen molar-refractivity contribution in [1.82, 2.24) is 14.9 Å². The molecule has 2 aromatic heterocycles. The second kappa shape index (κ2) is 4.97. The van der Waals surface area contributed by atoms with Crippen molar-refractivity contribution in [2.45, 2.75) is 52.6 Å². The van der Waals surface area contributed by atoms with Crippen molar-refractivity contribution >= 4 is 21.6 Å². The van der Waals surface area contributed by atoms with Gasteiger partial charge in [0.05, 0.1) is 11.4 Å². The van der Waals surface area contributed by atoms with Gasteiger partial charge in [-0.05, 0) is 52.6 Å². The average Bonchev–Trinajstić information content (AvgIpc) is 2.98. The lowest BCUT2D eigenvalue weighted by atomic mass is 10.1. The maximum absolute atomic E-state index is 12.9. The van der Waals surface area contributed by atoms with E-state index in [0.29, 0.717) is 0 Å². The molecule has 1 N–H and O–H groups in total. The molecule has 3 rings (SSSR count). The van der Waals surface area contributed by atoms with Crippen LogP contribution in [0.1, 0.15) is 55.0 Å². The van der Waals surface area contributed by atoms with Crippen LogP contribution in [0.15, 0.2) is 4.79 Å². The molecule has 4 nitrogen and oxygen atoms in total. The predicted molar refractivity (Wildman–Crippen MR) is 83.7 cm³/mol. The van der Waals surface area contributed by atoms with Crippen LogP contribution in [0.2, 0.25) is 0 Å². The van der Waals surface area contributed by atoms with Crippen molar-refractivity contribution < 1.29 is 0 Å². The molecule has 0 amide bonds. The molecule has 0 aliphatic carbocycles. The molecular weight excluding hydrogens is 270 g/mol. The summed E-state index contributed by atoms with van der Waals surface area (Å²) in [7, 11) is 0. The number of hydrogen-bond donors (Lipinski definition) is 1. The lowest BCUT2D eigenvalue weighted by Crippen LogP contribution is -2.31. The largest absolute Gasteiger partial charge is 0.307 e. The highest BCUT2D eigenvalue weighted by molar-refractivity contribution is 7.18. The van der Waals surface area contributed by atoms with Gasteiger partial charge >= 0.3 is 0 Å². The van der Waals surface area contributed by atoms with E-state index >= 15 is 0 Å². The topological polar surface area (TPSA) is 46.9 Å². The van der Waals surface area contributed by atoms with Gasteiger partial charge in [0.1, 0.15) is 10.7 Å². The van der Waals surface area contributed by atoms with Crippen molar-refractivity contribution in [3.05, 3.63) is 26.6 Å². The monoisotopic (exact) mass is 291 g/mol. The molecule has 2 aromatic rings. The lowest BCUT2D eigenvalue weighted by molar-refractivity contribution is 0.485. The van der Waals surface area contributed by atoms with Gasteiger partial charge < -0.3 is 5.32 Å². The molecule has 0 bridgehead atoms. The molecule has 0 aromatic carbocycles. The predicted octanol–water partition coefficient (Wildman–Crippen LogP) is 3.08. The van der Waals surface area contributed by atoms with E-state index in [0.717, 1.165) is 41.0 Å². The first-order valence-corrected chi connectivity index (χ1v) is 8.08. The third kappa shape index (κ3) is 2.00. The van der Waals surface area contributed by atoms with E-state index < -0.39 is 0 Å². The molecule has 1 aliphatic heterocycles. The van der Waals surface area contributed by atoms with E-state index in [2.05, 4.69) is 26.1 Å². The molecule has 3 heterocycles. The highest BCUT2D eigenvalue weighted by atomic mass is 32.1. The van der Waals surface area contributed by atoms with E-state index in [1.165, 1.54) is 4.88 Å². The van der Waals surface area contributed by atoms with Crippen LogP contribution in [0.4, 0.5) is 0 Å². The zero-order valence-electron chi connectivity index (χ0n) is 12.5. The first-order valence-electron chi connectivity index (χ1n) is 7.26. The van der Waals surface area contributed by atoms with E-state index in [4.69, 9.17) is 4.98 Å². The third-order valence-electron chi connectivity index (χ3n) is 4.15. The summed E-state index contributed by atoms with van der Waals surface area (Å²) in [5, 5.41) is 4.27. The van der Waals surface area contributed by atoms with Crippen LogP contribution in [0.3, 0.4) is 0 Å². The van der Waals surface area contributed by atoms with Gasteiger partial charge in [-0.2, -0.15) is 0 Å². The molecular formula is C15H21N3OS. The van der Waals surface area contributed by atoms with Crippen LogP contribution in [0.5, 0.6) is 0 Å². The fraction of sp³-hybridized carbons (Fsp3) is 0.600. The van der Waals surface area contributed by atoms with E-state index in [1.807, 2.05) is 11.5 Å². The Morgan fingerprint density at radius 3 is 2.75 bits per heavy atom. The maximum atomic E-state index is 12.9. The van der Waals surface area contributed by atoms with Gasteiger partial charge in [-0.25, -0.2) is 4.98 Å². The van der Waals surface area contributed by atoms with E-state index in [1.54, 1.807) is 11.3 Å². The Kier molecular flexibility index (Phi) is 3.42. The minimum Gasteiger partial charge on any atom is -0.307 e. The molecule has 0 spiro atoms. The van der Waals surface area contributed by atoms with Gasteiger partial charge in [0.25, 0.3) is 5.56 Å². The molecule has 5 heteroatoms. The number of nitrogens with one attached hydrogen (secondary N) is 1. The minimum atomic E-state index is 0.121. The van der Waals surface area contributed by atoms with Gasteiger partial charge in [-0.3, -0.25) is 9.36 Å². The highest BCUT2D eigenvalue weighted by Crippen LogP contribution is 2.30. The summed E-state index contributed by atoms with van der Waals surface area (Å²) in [6, 6.07) is 0.355. The van der Waals surface area contributed by atoms with Crippen LogP contribution in [-0.2, 0) is 0 Å². The Bertz CT molecular complexity index is 708. The Hall–Kier alpha value is -1.20. The average molecular weight is 291 g/mol. The molecule has 0 saturated carbocycles. The normalized spacial score (nSPS) is 19.4. The number of aryl methyl sites for hydroxylation is 2. The Balaban J connectivity index is 2.33. The summed E-state index contributed by atoms with van der Waals surface area (Å²) >= 11 is 1.63.